The third kappa shape index (κ3) is 4.77. The highest BCUT2D eigenvalue weighted by molar-refractivity contribution is 6.62. The summed E-state index contributed by atoms with van der Waals surface area (Å²) in [6, 6.07) is 4.60. The molecule has 144 valence electrons. The minimum atomic E-state index is -0.652. The zero-order chi connectivity index (χ0) is 19.9. The number of rotatable bonds is 3. The lowest BCUT2D eigenvalue weighted by atomic mass is 9.78. The van der Waals surface area contributed by atoms with Gasteiger partial charge in [-0.3, -0.25) is 0 Å². The molecule has 1 aromatic rings. The predicted molar refractivity (Wildman–Crippen MR) is 99.8 cm³/mol. The molecule has 1 heterocycles. The highest BCUT2D eigenvalue weighted by atomic mass is 19.1. The monoisotopic (exact) mass is 365 g/mol. The molecule has 1 aromatic carbocycles. The Hall–Kier alpha value is -1.60. The molecule has 0 unspecified atom stereocenters. The van der Waals surface area contributed by atoms with E-state index in [1.807, 2.05) is 27.7 Å². The van der Waals surface area contributed by atoms with Crippen LogP contribution in [0.25, 0.3) is 0 Å². The average Bonchev–Trinajstić information content (AvgIpc) is 2.65. The quantitative estimate of drug-likeness (QED) is 0.770. The molecule has 0 spiro atoms. The first-order valence-electron chi connectivity index (χ1n) is 8.79. The Morgan fingerprint density at radius 2 is 1.69 bits per heavy atom. The van der Waals surface area contributed by atoms with Crippen LogP contribution in [0.3, 0.4) is 0 Å². The summed E-state index contributed by atoms with van der Waals surface area (Å²) < 4.78 is 31.4. The lowest BCUT2D eigenvalue weighted by molar-refractivity contribution is 0.00578. The molecule has 26 heavy (non-hydrogen) atoms. The molecule has 0 bridgehead atoms. The Morgan fingerprint density at radius 3 is 2.19 bits per heavy atom. The first kappa shape index (κ1) is 20.7. The van der Waals surface area contributed by atoms with Crippen molar-refractivity contribution < 1.29 is 23.2 Å². The van der Waals surface area contributed by atoms with Crippen LogP contribution in [-0.4, -0.2) is 42.0 Å². The second-order valence-electron chi connectivity index (χ2n) is 8.82. The number of nitrogens with zero attached hydrogens (tertiary/aromatic N) is 1. The summed E-state index contributed by atoms with van der Waals surface area (Å²) in [5.41, 5.74) is -0.352. The fourth-order valence-electron chi connectivity index (χ4n) is 2.56. The van der Waals surface area contributed by atoms with Crippen molar-refractivity contribution in [1.29, 1.82) is 0 Å². The maximum Gasteiger partial charge on any atom is 0.494 e. The second kappa shape index (κ2) is 6.85. The van der Waals surface area contributed by atoms with E-state index in [4.69, 9.17) is 14.0 Å². The molecule has 1 saturated heterocycles. The highest BCUT2D eigenvalue weighted by Gasteiger charge is 2.51. The third-order valence-electron chi connectivity index (χ3n) is 4.63. The zero-order valence-electron chi connectivity index (χ0n) is 17.0. The van der Waals surface area contributed by atoms with Gasteiger partial charge in [0.1, 0.15) is 11.4 Å². The normalized spacial score (nSPS) is 18.7. The van der Waals surface area contributed by atoms with Gasteiger partial charge < -0.3 is 18.9 Å². The molecule has 1 aliphatic heterocycles. The molecule has 1 fully saturated rings. The average molecular weight is 365 g/mol. The van der Waals surface area contributed by atoms with E-state index in [2.05, 4.69) is 0 Å². The third-order valence-corrected chi connectivity index (χ3v) is 4.63. The van der Waals surface area contributed by atoms with Gasteiger partial charge in [0.05, 0.1) is 11.2 Å². The molecule has 0 radical (unpaired) electrons. The summed E-state index contributed by atoms with van der Waals surface area (Å²) >= 11 is 0. The van der Waals surface area contributed by atoms with Gasteiger partial charge in [-0.05, 0) is 71.6 Å². The van der Waals surface area contributed by atoms with E-state index >= 15 is 0 Å². The van der Waals surface area contributed by atoms with Crippen molar-refractivity contribution in [3.63, 3.8) is 0 Å². The zero-order valence-corrected chi connectivity index (χ0v) is 17.0. The summed E-state index contributed by atoms with van der Waals surface area (Å²) in [6.45, 7) is 13.4. The van der Waals surface area contributed by atoms with Gasteiger partial charge in [0.2, 0.25) is 0 Å². The number of halogens is 1. The van der Waals surface area contributed by atoms with Crippen molar-refractivity contribution in [3.8, 4) is 0 Å². The Bertz CT molecular complexity index is 669. The van der Waals surface area contributed by atoms with Crippen molar-refractivity contribution in [2.24, 2.45) is 0 Å². The van der Waals surface area contributed by atoms with Crippen LogP contribution in [0.15, 0.2) is 18.2 Å². The molecule has 0 aromatic heterocycles. The molecule has 0 atom stereocenters. The van der Waals surface area contributed by atoms with Gasteiger partial charge in [0.25, 0.3) is 0 Å². The van der Waals surface area contributed by atoms with Gasteiger partial charge in [0.15, 0.2) is 0 Å². The van der Waals surface area contributed by atoms with Gasteiger partial charge in [-0.15, -0.1) is 0 Å². The molecule has 1 amide bonds. The molecular weight excluding hydrogens is 336 g/mol. The summed E-state index contributed by atoms with van der Waals surface area (Å²) in [6.07, 6.45) is -0.459. The molecule has 7 heteroatoms. The van der Waals surface area contributed by atoms with Crippen molar-refractivity contribution in [3.05, 3.63) is 29.6 Å². The maximum absolute atomic E-state index is 14.1. The Morgan fingerprint density at radius 1 is 1.15 bits per heavy atom. The minimum Gasteiger partial charge on any atom is -0.444 e. The van der Waals surface area contributed by atoms with Crippen LogP contribution in [0, 0.1) is 5.82 Å². The van der Waals surface area contributed by atoms with Gasteiger partial charge in [0, 0.05) is 13.6 Å². The highest BCUT2D eigenvalue weighted by Crippen LogP contribution is 2.36. The Balaban J connectivity index is 2.17. The topological polar surface area (TPSA) is 48.0 Å². The van der Waals surface area contributed by atoms with Crippen LogP contribution in [0.2, 0.25) is 0 Å². The number of ether oxygens (including phenoxy) is 1. The SMILES string of the molecule is CN(Cc1cc(F)cc(B2OC(C)(C)C(C)(C)O2)c1)C(=O)OC(C)(C)C. The summed E-state index contributed by atoms with van der Waals surface area (Å²) in [5.74, 6) is -0.398. The summed E-state index contributed by atoms with van der Waals surface area (Å²) in [7, 11) is 0.967. The van der Waals surface area contributed by atoms with Gasteiger partial charge in [-0.1, -0.05) is 6.07 Å². The number of hydrogen-bond donors (Lipinski definition) is 0. The molecule has 0 saturated carbocycles. The second-order valence-corrected chi connectivity index (χ2v) is 8.82. The van der Waals surface area contributed by atoms with Crippen molar-refractivity contribution >= 4 is 18.7 Å². The van der Waals surface area contributed by atoms with Crippen LogP contribution < -0.4 is 5.46 Å². The van der Waals surface area contributed by atoms with Crippen LogP contribution >= 0.6 is 0 Å². The van der Waals surface area contributed by atoms with Gasteiger partial charge in [-0.2, -0.15) is 0 Å². The number of carbonyl (C=O) groups excluding carboxylic acids is 1. The lowest BCUT2D eigenvalue weighted by Crippen LogP contribution is -2.41. The van der Waals surface area contributed by atoms with E-state index in [0.29, 0.717) is 11.0 Å². The summed E-state index contributed by atoms with van der Waals surface area (Å²) in [5, 5.41) is 0. The minimum absolute atomic E-state index is 0.221. The fraction of sp³-hybridized carbons (Fsp3) is 0.632. The van der Waals surface area contributed by atoms with Crippen molar-refractivity contribution in [2.75, 3.05) is 7.05 Å². The molecular formula is C19H29BFNO4. The Labute approximate surface area is 155 Å². The van der Waals surface area contributed by atoms with Crippen LogP contribution in [-0.2, 0) is 20.6 Å². The molecule has 1 aliphatic rings. The van der Waals surface area contributed by atoms with E-state index < -0.39 is 35.8 Å². The number of amides is 1. The van der Waals surface area contributed by atoms with Crippen LogP contribution in [0.1, 0.15) is 54.0 Å². The fourth-order valence-corrected chi connectivity index (χ4v) is 2.56. The maximum atomic E-state index is 14.1. The molecule has 0 N–H and O–H groups in total. The van der Waals surface area contributed by atoms with Gasteiger partial charge >= 0.3 is 13.2 Å². The first-order chi connectivity index (χ1) is 11.7. The van der Waals surface area contributed by atoms with E-state index in [9.17, 15) is 9.18 Å². The number of benzene rings is 1. The van der Waals surface area contributed by atoms with E-state index in [0.717, 1.165) is 0 Å². The van der Waals surface area contributed by atoms with Crippen molar-refractivity contribution in [2.45, 2.75) is 71.8 Å². The van der Waals surface area contributed by atoms with Crippen molar-refractivity contribution in [1.82, 2.24) is 4.90 Å². The Kier molecular flexibility index (Phi) is 5.46. The van der Waals surface area contributed by atoms with E-state index in [1.165, 1.54) is 17.0 Å². The molecule has 2 rings (SSSR count). The summed E-state index contributed by atoms with van der Waals surface area (Å²) in [4.78, 5) is 13.5. The molecule has 5 nitrogen and oxygen atoms in total. The molecule has 0 aliphatic carbocycles. The van der Waals surface area contributed by atoms with E-state index in [-0.39, 0.29) is 6.54 Å². The largest absolute Gasteiger partial charge is 0.494 e. The van der Waals surface area contributed by atoms with E-state index in [1.54, 1.807) is 33.9 Å². The number of carbonyl (C=O) groups is 1. The van der Waals surface area contributed by atoms with Crippen LogP contribution in [0.5, 0.6) is 0 Å². The predicted octanol–water partition coefficient (Wildman–Crippen LogP) is 3.49. The lowest BCUT2D eigenvalue weighted by Gasteiger charge is -2.32. The van der Waals surface area contributed by atoms with Gasteiger partial charge in [-0.25, -0.2) is 9.18 Å². The van der Waals surface area contributed by atoms with Crippen LogP contribution in [0.4, 0.5) is 9.18 Å². The first-order valence-corrected chi connectivity index (χ1v) is 8.79. The smallest absolute Gasteiger partial charge is 0.444 e. The number of hydrogen-bond acceptors (Lipinski definition) is 4. The standard InChI is InChI=1S/C19H29BFNO4/c1-17(2,3)24-16(23)22(8)12-13-9-14(11-15(21)10-13)20-25-18(4,5)19(6,7)26-20/h9-11H,12H2,1-8H3.